The van der Waals surface area contributed by atoms with E-state index in [0.29, 0.717) is 5.75 Å². The van der Waals surface area contributed by atoms with Gasteiger partial charge in [-0.15, -0.1) is 0 Å². The summed E-state index contributed by atoms with van der Waals surface area (Å²) in [5, 5.41) is 11.7. The number of para-hydroxylation sites is 1. The highest BCUT2D eigenvalue weighted by atomic mass is 19.1. The van der Waals surface area contributed by atoms with Gasteiger partial charge in [0.25, 0.3) is 0 Å². The summed E-state index contributed by atoms with van der Waals surface area (Å²) < 4.78 is 17.6. The molecule has 1 aromatic carbocycles. The monoisotopic (exact) mass is 255 g/mol. The number of carboxylic acid groups (broad SMARTS) is 1. The predicted molar refractivity (Wildman–Crippen MR) is 63.5 cm³/mol. The fourth-order valence-electron chi connectivity index (χ4n) is 1.11. The lowest BCUT2D eigenvalue weighted by atomic mass is 10.3. The van der Waals surface area contributed by atoms with Gasteiger partial charge in [-0.05, 0) is 19.1 Å². The second-order valence-electron chi connectivity index (χ2n) is 3.51. The molecule has 18 heavy (non-hydrogen) atoms. The highest BCUT2D eigenvalue weighted by molar-refractivity contribution is 6.36. The van der Waals surface area contributed by atoms with Crippen LogP contribution in [0.3, 0.4) is 0 Å². The normalized spacial score (nSPS) is 12.9. The zero-order chi connectivity index (χ0) is 13.4. The van der Waals surface area contributed by atoms with Crippen LogP contribution < -0.4 is 4.74 Å². The molecule has 1 N–H and O–H groups in total. The van der Waals surface area contributed by atoms with Crippen molar-refractivity contribution in [1.29, 1.82) is 0 Å². The first kappa shape index (κ1) is 14.0. The Balaban J connectivity index is 2.38. The molecule has 0 radical (unpaired) electrons. The van der Waals surface area contributed by atoms with Crippen molar-refractivity contribution in [3.63, 3.8) is 0 Å². The maximum Gasteiger partial charge on any atom is 0.356 e. The molecule has 1 atom stereocenters. The second-order valence-corrected chi connectivity index (χ2v) is 3.51. The van der Waals surface area contributed by atoms with Crippen LogP contribution in [0.15, 0.2) is 35.5 Å². The van der Waals surface area contributed by atoms with Crippen molar-refractivity contribution in [3.05, 3.63) is 30.3 Å². The van der Waals surface area contributed by atoms with Crippen molar-refractivity contribution >= 4 is 11.7 Å². The third-order valence-electron chi connectivity index (χ3n) is 1.94. The molecule has 0 amide bonds. The van der Waals surface area contributed by atoms with E-state index in [1.54, 1.807) is 19.1 Å². The third kappa shape index (κ3) is 4.82. The topological polar surface area (TPSA) is 68.1 Å². The maximum atomic E-state index is 12.2. The van der Waals surface area contributed by atoms with Crippen LogP contribution in [0.2, 0.25) is 0 Å². The number of hydrogen-bond acceptors (Lipinski definition) is 4. The molecule has 0 aliphatic carbocycles. The molecule has 0 heterocycles. The zero-order valence-electron chi connectivity index (χ0n) is 9.88. The molecule has 0 aliphatic rings. The Kier molecular flexibility index (Phi) is 5.63. The SMILES string of the molecule is CC(CO/N=C(\CF)C(=O)O)Oc1ccccc1. The summed E-state index contributed by atoms with van der Waals surface area (Å²) in [6.45, 7) is 0.591. The van der Waals surface area contributed by atoms with Gasteiger partial charge in [0.15, 0.2) is 12.3 Å². The molecule has 0 fully saturated rings. The van der Waals surface area contributed by atoms with E-state index in [1.807, 2.05) is 18.2 Å². The van der Waals surface area contributed by atoms with Gasteiger partial charge in [-0.25, -0.2) is 9.18 Å². The third-order valence-corrected chi connectivity index (χ3v) is 1.94. The van der Waals surface area contributed by atoms with Crippen molar-refractivity contribution in [1.82, 2.24) is 0 Å². The minimum absolute atomic E-state index is 0.0334. The van der Waals surface area contributed by atoms with Crippen molar-refractivity contribution in [2.24, 2.45) is 5.16 Å². The van der Waals surface area contributed by atoms with E-state index in [1.165, 1.54) is 0 Å². The second kappa shape index (κ2) is 7.26. The zero-order valence-corrected chi connectivity index (χ0v) is 9.88. The quantitative estimate of drug-likeness (QED) is 0.596. The fraction of sp³-hybridized carbons (Fsp3) is 0.333. The highest BCUT2D eigenvalue weighted by Gasteiger charge is 2.10. The van der Waals surface area contributed by atoms with Crippen LogP contribution in [0, 0.1) is 0 Å². The predicted octanol–water partition coefficient (Wildman–Crippen LogP) is 1.88. The Morgan fingerprint density at radius 1 is 1.44 bits per heavy atom. The number of benzene rings is 1. The first-order chi connectivity index (χ1) is 8.63. The lowest BCUT2D eigenvalue weighted by Crippen LogP contribution is -2.20. The van der Waals surface area contributed by atoms with Gasteiger partial charge in [0.05, 0.1) is 0 Å². The van der Waals surface area contributed by atoms with Crippen LogP contribution in [-0.4, -0.2) is 36.2 Å². The summed E-state index contributed by atoms with van der Waals surface area (Å²) in [6, 6.07) is 9.08. The molecule has 0 saturated heterocycles. The molecule has 0 bridgehead atoms. The van der Waals surface area contributed by atoms with E-state index in [0.717, 1.165) is 0 Å². The summed E-state index contributed by atoms with van der Waals surface area (Å²) in [5.74, 6) is -0.768. The molecule has 98 valence electrons. The Hall–Kier alpha value is -2.11. The summed E-state index contributed by atoms with van der Waals surface area (Å²) in [5.41, 5.74) is -0.665. The minimum atomic E-state index is -1.44. The van der Waals surface area contributed by atoms with E-state index in [4.69, 9.17) is 14.7 Å². The standard InChI is InChI=1S/C12H14FNO4/c1-9(18-10-5-3-2-4-6-10)8-17-14-11(7-13)12(15)16/h2-6,9H,7-8H2,1H3,(H,15,16)/b14-11+. The molecular weight excluding hydrogens is 241 g/mol. The fourth-order valence-corrected chi connectivity index (χ4v) is 1.11. The number of nitrogens with zero attached hydrogens (tertiary/aromatic N) is 1. The van der Waals surface area contributed by atoms with Crippen LogP contribution in [-0.2, 0) is 9.63 Å². The smallest absolute Gasteiger partial charge is 0.356 e. The lowest BCUT2D eigenvalue weighted by Gasteiger charge is -2.13. The van der Waals surface area contributed by atoms with Crippen LogP contribution in [0.1, 0.15) is 6.92 Å². The molecule has 0 spiro atoms. The van der Waals surface area contributed by atoms with Gasteiger partial charge in [0.1, 0.15) is 18.5 Å². The van der Waals surface area contributed by atoms with Crippen LogP contribution in [0.5, 0.6) is 5.75 Å². The molecule has 1 aromatic rings. The van der Waals surface area contributed by atoms with Gasteiger partial charge in [-0.2, -0.15) is 0 Å². The Bertz CT molecular complexity index is 408. The summed E-state index contributed by atoms with van der Waals surface area (Å²) in [4.78, 5) is 15.1. The van der Waals surface area contributed by atoms with Crippen LogP contribution in [0.4, 0.5) is 4.39 Å². The van der Waals surface area contributed by atoms with Crippen LogP contribution in [0.25, 0.3) is 0 Å². The number of alkyl halides is 1. The minimum Gasteiger partial charge on any atom is -0.487 e. The van der Waals surface area contributed by atoms with Gasteiger partial charge in [0, 0.05) is 0 Å². The average molecular weight is 255 g/mol. The largest absolute Gasteiger partial charge is 0.487 e. The number of carboxylic acids is 1. The van der Waals surface area contributed by atoms with Crippen LogP contribution >= 0.6 is 0 Å². The maximum absolute atomic E-state index is 12.2. The first-order valence-corrected chi connectivity index (χ1v) is 5.33. The van der Waals surface area contributed by atoms with Gasteiger partial charge >= 0.3 is 5.97 Å². The summed E-state index contributed by atoms with van der Waals surface area (Å²) in [7, 11) is 0. The number of carbonyl (C=O) groups is 1. The molecule has 0 saturated carbocycles. The van der Waals surface area contributed by atoms with Gasteiger partial charge in [-0.1, -0.05) is 23.4 Å². The molecule has 5 nitrogen and oxygen atoms in total. The van der Waals surface area contributed by atoms with Crippen molar-refractivity contribution in [3.8, 4) is 5.75 Å². The molecule has 1 unspecified atom stereocenters. The summed E-state index contributed by atoms with van der Waals surface area (Å²) >= 11 is 0. The van der Waals surface area contributed by atoms with E-state index in [2.05, 4.69) is 5.16 Å². The van der Waals surface area contributed by atoms with Gasteiger partial charge < -0.3 is 14.7 Å². The number of aliphatic carboxylic acids is 1. The Morgan fingerprint density at radius 2 is 2.11 bits per heavy atom. The van der Waals surface area contributed by atoms with Crippen molar-refractivity contribution < 1.29 is 23.9 Å². The molecule has 0 aliphatic heterocycles. The molecule has 6 heteroatoms. The number of halogens is 1. The molecule has 0 aromatic heterocycles. The van der Waals surface area contributed by atoms with E-state index in [9.17, 15) is 9.18 Å². The summed E-state index contributed by atoms with van der Waals surface area (Å²) in [6.07, 6.45) is -0.328. The van der Waals surface area contributed by atoms with Gasteiger partial charge in [-0.3, -0.25) is 0 Å². The van der Waals surface area contributed by atoms with E-state index in [-0.39, 0.29) is 12.7 Å². The van der Waals surface area contributed by atoms with Crippen molar-refractivity contribution in [2.75, 3.05) is 13.3 Å². The highest BCUT2D eigenvalue weighted by Crippen LogP contribution is 2.10. The Morgan fingerprint density at radius 3 is 2.67 bits per heavy atom. The van der Waals surface area contributed by atoms with E-state index >= 15 is 0 Å². The first-order valence-electron chi connectivity index (χ1n) is 5.33. The number of hydrogen-bond donors (Lipinski definition) is 1. The number of ether oxygens (including phenoxy) is 1. The number of rotatable bonds is 7. The Labute approximate surface area is 104 Å². The van der Waals surface area contributed by atoms with Gasteiger partial charge in [0.2, 0.25) is 0 Å². The average Bonchev–Trinajstić information content (AvgIpc) is 2.35. The van der Waals surface area contributed by atoms with Crippen molar-refractivity contribution in [2.45, 2.75) is 13.0 Å². The van der Waals surface area contributed by atoms with E-state index < -0.39 is 18.4 Å². The molecule has 1 rings (SSSR count). The number of oxime groups is 1. The lowest BCUT2D eigenvalue weighted by molar-refractivity contribution is -0.129. The molecular formula is C12H14FNO4.